The predicted molar refractivity (Wildman–Crippen MR) is 81.3 cm³/mol. The van der Waals surface area contributed by atoms with Gasteiger partial charge in [-0.1, -0.05) is 27.7 Å². The van der Waals surface area contributed by atoms with Crippen molar-refractivity contribution < 1.29 is 4.79 Å². The van der Waals surface area contributed by atoms with E-state index in [9.17, 15) is 4.79 Å². The molecule has 0 fully saturated rings. The van der Waals surface area contributed by atoms with Crippen LogP contribution in [0.4, 0.5) is 0 Å². The fraction of sp³-hybridized carbons (Fsp3) is 0.733. The van der Waals surface area contributed by atoms with Crippen molar-refractivity contribution in [1.82, 2.24) is 20.2 Å². The first-order valence-electron chi connectivity index (χ1n) is 7.56. The van der Waals surface area contributed by atoms with Gasteiger partial charge in [0.2, 0.25) is 5.91 Å². The highest BCUT2D eigenvalue weighted by atomic mass is 16.2. The molecule has 5 nitrogen and oxygen atoms in total. The van der Waals surface area contributed by atoms with Gasteiger partial charge in [-0.25, -0.2) is 4.98 Å². The fourth-order valence-corrected chi connectivity index (χ4v) is 2.04. The van der Waals surface area contributed by atoms with Crippen molar-refractivity contribution in [3.63, 3.8) is 0 Å². The van der Waals surface area contributed by atoms with Gasteiger partial charge in [-0.05, 0) is 25.3 Å². The normalized spacial score (nSPS) is 11.3. The summed E-state index contributed by atoms with van der Waals surface area (Å²) in [5.74, 6) is 1.57. The van der Waals surface area contributed by atoms with Crippen LogP contribution in [0.5, 0.6) is 0 Å². The summed E-state index contributed by atoms with van der Waals surface area (Å²) in [4.78, 5) is 16.3. The van der Waals surface area contributed by atoms with Crippen LogP contribution in [0.3, 0.4) is 0 Å². The molecule has 1 rings (SSSR count). The molecule has 0 aliphatic carbocycles. The second kappa shape index (κ2) is 8.74. The summed E-state index contributed by atoms with van der Waals surface area (Å²) >= 11 is 0. The minimum atomic E-state index is 0.0572. The molecular formula is C15H28N4O. The van der Waals surface area contributed by atoms with Crippen LogP contribution in [0.1, 0.15) is 46.4 Å². The molecule has 0 aliphatic rings. The molecule has 1 aromatic heterocycles. The van der Waals surface area contributed by atoms with E-state index in [1.807, 2.05) is 10.8 Å². The number of nitrogens with zero attached hydrogens (tertiary/aromatic N) is 2. The summed E-state index contributed by atoms with van der Waals surface area (Å²) in [6.45, 7) is 10.5. The quantitative estimate of drug-likeness (QED) is 0.726. The monoisotopic (exact) mass is 280 g/mol. The molecule has 0 aromatic carbocycles. The zero-order valence-electron chi connectivity index (χ0n) is 13.1. The van der Waals surface area contributed by atoms with Gasteiger partial charge < -0.3 is 15.2 Å². The summed E-state index contributed by atoms with van der Waals surface area (Å²) in [5.41, 5.74) is 0. The van der Waals surface area contributed by atoms with Crippen LogP contribution in [0.15, 0.2) is 12.4 Å². The minimum absolute atomic E-state index is 0.0572. The SMILES string of the molecule is CCC(CC)NC(=O)Cn1ccnc1CNCC(C)C. The van der Waals surface area contributed by atoms with E-state index < -0.39 is 0 Å². The molecule has 1 heterocycles. The smallest absolute Gasteiger partial charge is 0.240 e. The van der Waals surface area contributed by atoms with Gasteiger partial charge in [-0.15, -0.1) is 0 Å². The highest BCUT2D eigenvalue weighted by Gasteiger charge is 2.11. The topological polar surface area (TPSA) is 59.0 Å². The number of hydrogen-bond acceptors (Lipinski definition) is 3. The van der Waals surface area contributed by atoms with E-state index in [1.165, 1.54) is 0 Å². The standard InChI is InChI=1S/C15H28N4O/c1-5-13(6-2)18-15(20)11-19-8-7-17-14(19)10-16-9-12(3)4/h7-8,12-13,16H,5-6,9-11H2,1-4H3,(H,18,20). The average molecular weight is 280 g/mol. The first-order valence-corrected chi connectivity index (χ1v) is 7.56. The van der Waals surface area contributed by atoms with Crippen LogP contribution in [0, 0.1) is 5.92 Å². The molecule has 0 saturated carbocycles. The lowest BCUT2D eigenvalue weighted by Crippen LogP contribution is -2.36. The molecule has 0 atom stereocenters. The number of amides is 1. The number of carbonyl (C=O) groups is 1. The van der Waals surface area contributed by atoms with Gasteiger partial charge in [0.25, 0.3) is 0 Å². The molecule has 0 aliphatic heterocycles. The third-order valence-corrected chi connectivity index (χ3v) is 3.30. The van der Waals surface area contributed by atoms with E-state index in [1.54, 1.807) is 6.20 Å². The van der Waals surface area contributed by atoms with E-state index in [2.05, 4.69) is 43.3 Å². The molecule has 2 N–H and O–H groups in total. The predicted octanol–water partition coefficient (Wildman–Crippen LogP) is 1.93. The van der Waals surface area contributed by atoms with Gasteiger partial charge in [0, 0.05) is 18.4 Å². The molecule has 0 bridgehead atoms. The molecule has 0 saturated heterocycles. The molecule has 5 heteroatoms. The zero-order valence-corrected chi connectivity index (χ0v) is 13.1. The van der Waals surface area contributed by atoms with Crippen LogP contribution in [-0.2, 0) is 17.9 Å². The third kappa shape index (κ3) is 5.74. The molecule has 1 aromatic rings. The van der Waals surface area contributed by atoms with Crippen molar-refractivity contribution in [1.29, 1.82) is 0 Å². The number of hydrogen-bond donors (Lipinski definition) is 2. The Labute approximate surface area is 122 Å². The van der Waals surface area contributed by atoms with Crippen molar-refractivity contribution in [3.8, 4) is 0 Å². The van der Waals surface area contributed by atoms with E-state index >= 15 is 0 Å². The van der Waals surface area contributed by atoms with Crippen molar-refractivity contribution in [2.75, 3.05) is 6.54 Å². The van der Waals surface area contributed by atoms with Crippen molar-refractivity contribution in [3.05, 3.63) is 18.2 Å². The molecule has 1 amide bonds. The Morgan fingerprint density at radius 2 is 2.05 bits per heavy atom. The number of aromatic nitrogens is 2. The Morgan fingerprint density at radius 1 is 1.35 bits per heavy atom. The van der Waals surface area contributed by atoms with E-state index in [4.69, 9.17) is 0 Å². The van der Waals surface area contributed by atoms with Crippen LogP contribution in [0.25, 0.3) is 0 Å². The lowest BCUT2D eigenvalue weighted by molar-refractivity contribution is -0.122. The van der Waals surface area contributed by atoms with Gasteiger partial charge >= 0.3 is 0 Å². The van der Waals surface area contributed by atoms with Crippen LogP contribution < -0.4 is 10.6 Å². The maximum Gasteiger partial charge on any atom is 0.240 e. The van der Waals surface area contributed by atoms with Crippen molar-refractivity contribution in [2.45, 2.75) is 59.7 Å². The third-order valence-electron chi connectivity index (χ3n) is 3.30. The summed E-state index contributed by atoms with van der Waals surface area (Å²) < 4.78 is 1.91. The zero-order chi connectivity index (χ0) is 15.0. The number of rotatable bonds is 9. The van der Waals surface area contributed by atoms with Gasteiger partial charge in [0.15, 0.2) is 0 Å². The van der Waals surface area contributed by atoms with E-state index in [0.29, 0.717) is 19.0 Å². The minimum Gasteiger partial charge on any atom is -0.352 e. The molecular weight excluding hydrogens is 252 g/mol. The van der Waals surface area contributed by atoms with Gasteiger partial charge in [-0.3, -0.25) is 4.79 Å². The highest BCUT2D eigenvalue weighted by Crippen LogP contribution is 2.00. The van der Waals surface area contributed by atoms with Gasteiger partial charge in [-0.2, -0.15) is 0 Å². The summed E-state index contributed by atoms with van der Waals surface area (Å²) in [7, 11) is 0. The first kappa shape index (κ1) is 16.7. The summed E-state index contributed by atoms with van der Waals surface area (Å²) in [5, 5.41) is 6.40. The molecule has 20 heavy (non-hydrogen) atoms. The number of carbonyl (C=O) groups excluding carboxylic acids is 1. The largest absolute Gasteiger partial charge is 0.352 e. The lowest BCUT2D eigenvalue weighted by atomic mass is 10.2. The maximum atomic E-state index is 12.0. The fourth-order valence-electron chi connectivity index (χ4n) is 2.04. The lowest BCUT2D eigenvalue weighted by Gasteiger charge is -2.16. The molecule has 0 spiro atoms. The summed E-state index contributed by atoms with van der Waals surface area (Å²) in [6.07, 6.45) is 5.54. The summed E-state index contributed by atoms with van der Waals surface area (Å²) in [6, 6.07) is 0.272. The Kier molecular flexibility index (Phi) is 7.30. The number of nitrogens with one attached hydrogen (secondary N) is 2. The Hall–Kier alpha value is -1.36. The number of imidazole rings is 1. The second-order valence-electron chi connectivity index (χ2n) is 5.58. The second-order valence-corrected chi connectivity index (χ2v) is 5.58. The van der Waals surface area contributed by atoms with Crippen molar-refractivity contribution >= 4 is 5.91 Å². The maximum absolute atomic E-state index is 12.0. The van der Waals surface area contributed by atoms with E-state index in [-0.39, 0.29) is 11.9 Å². The molecule has 0 radical (unpaired) electrons. The molecule has 114 valence electrons. The molecule has 0 unspecified atom stereocenters. The Balaban J connectivity index is 2.47. The van der Waals surface area contributed by atoms with Gasteiger partial charge in [0.1, 0.15) is 12.4 Å². The van der Waals surface area contributed by atoms with Crippen molar-refractivity contribution in [2.24, 2.45) is 5.92 Å². The van der Waals surface area contributed by atoms with Crippen LogP contribution in [-0.4, -0.2) is 28.0 Å². The highest BCUT2D eigenvalue weighted by molar-refractivity contribution is 5.76. The first-order chi connectivity index (χ1) is 9.56. The van der Waals surface area contributed by atoms with E-state index in [0.717, 1.165) is 25.2 Å². The Bertz CT molecular complexity index is 396. The Morgan fingerprint density at radius 3 is 2.65 bits per heavy atom. The van der Waals surface area contributed by atoms with Gasteiger partial charge in [0.05, 0.1) is 6.54 Å². The van der Waals surface area contributed by atoms with Crippen LogP contribution in [0.2, 0.25) is 0 Å². The average Bonchev–Trinajstić information content (AvgIpc) is 2.83. The van der Waals surface area contributed by atoms with Crippen LogP contribution >= 0.6 is 0 Å².